The van der Waals surface area contributed by atoms with Crippen molar-refractivity contribution in [1.29, 1.82) is 0 Å². The number of rotatable bonds is 2. The first-order valence-electron chi connectivity index (χ1n) is 7.57. The molecule has 21 heavy (non-hydrogen) atoms. The van der Waals surface area contributed by atoms with E-state index < -0.39 is 0 Å². The summed E-state index contributed by atoms with van der Waals surface area (Å²) in [5.74, 6) is 1.78. The van der Waals surface area contributed by atoms with Crippen molar-refractivity contribution >= 4 is 17.7 Å². The van der Waals surface area contributed by atoms with Gasteiger partial charge in [0.1, 0.15) is 11.9 Å². The number of aryl methyl sites for hydroxylation is 1. The number of amides is 1. The number of hydrogen-bond donors (Lipinski definition) is 0. The topological polar surface area (TPSA) is 52.6 Å². The maximum Gasteiger partial charge on any atom is 0.245 e. The summed E-state index contributed by atoms with van der Waals surface area (Å²) >= 11 is 0. The van der Waals surface area contributed by atoms with Gasteiger partial charge in [-0.05, 0) is 26.7 Å². The van der Waals surface area contributed by atoms with Crippen LogP contribution in [0.1, 0.15) is 25.3 Å². The third-order valence-corrected chi connectivity index (χ3v) is 4.51. The van der Waals surface area contributed by atoms with E-state index in [4.69, 9.17) is 0 Å². The maximum atomic E-state index is 12.5. The summed E-state index contributed by atoms with van der Waals surface area (Å²) in [5, 5.41) is 0. The van der Waals surface area contributed by atoms with Crippen LogP contribution in [0.5, 0.6) is 0 Å². The fraction of sp³-hybridized carbons (Fsp3) is 0.667. The molecule has 0 bridgehead atoms. The molecule has 6 nitrogen and oxygen atoms in total. The minimum absolute atomic E-state index is 0.183. The number of anilines is 2. The van der Waals surface area contributed by atoms with Crippen LogP contribution in [0.15, 0.2) is 6.20 Å². The van der Waals surface area contributed by atoms with Gasteiger partial charge in [0.05, 0.1) is 0 Å². The van der Waals surface area contributed by atoms with Crippen molar-refractivity contribution in [1.82, 2.24) is 14.9 Å². The highest BCUT2D eigenvalue weighted by atomic mass is 16.2. The molecule has 0 saturated carbocycles. The number of nitrogens with zero attached hydrogens (tertiary/aromatic N) is 5. The number of aromatic nitrogens is 2. The van der Waals surface area contributed by atoms with E-state index >= 15 is 0 Å². The first-order valence-corrected chi connectivity index (χ1v) is 7.57. The Balaban J connectivity index is 1.92. The molecule has 3 rings (SSSR count). The zero-order valence-electron chi connectivity index (χ0n) is 13.2. The highest BCUT2D eigenvalue weighted by molar-refractivity contribution is 5.86. The molecule has 2 aliphatic heterocycles. The van der Waals surface area contributed by atoms with Crippen LogP contribution >= 0.6 is 0 Å². The van der Waals surface area contributed by atoms with Crippen LogP contribution < -0.4 is 9.80 Å². The second-order valence-corrected chi connectivity index (χ2v) is 6.23. The van der Waals surface area contributed by atoms with Crippen molar-refractivity contribution in [2.24, 2.45) is 0 Å². The largest absolute Gasteiger partial charge is 0.362 e. The lowest BCUT2D eigenvalue weighted by Crippen LogP contribution is -2.59. The third-order valence-electron chi connectivity index (χ3n) is 4.51. The zero-order chi connectivity index (χ0) is 15.1. The molecule has 2 atom stereocenters. The van der Waals surface area contributed by atoms with Crippen LogP contribution in [0.25, 0.3) is 0 Å². The molecule has 1 aromatic rings. The molecule has 2 saturated heterocycles. The van der Waals surface area contributed by atoms with Gasteiger partial charge < -0.3 is 14.7 Å². The van der Waals surface area contributed by atoms with Gasteiger partial charge in [0.2, 0.25) is 11.9 Å². The van der Waals surface area contributed by atoms with Crippen LogP contribution in [-0.2, 0) is 4.79 Å². The Morgan fingerprint density at radius 1 is 1.33 bits per heavy atom. The molecule has 2 fully saturated rings. The third kappa shape index (κ3) is 2.32. The van der Waals surface area contributed by atoms with Crippen molar-refractivity contribution in [3.8, 4) is 0 Å². The van der Waals surface area contributed by atoms with E-state index in [0.717, 1.165) is 37.3 Å². The molecule has 114 valence electrons. The molecule has 2 aliphatic rings. The quantitative estimate of drug-likeness (QED) is 0.814. The van der Waals surface area contributed by atoms with E-state index in [1.54, 1.807) is 0 Å². The summed E-state index contributed by atoms with van der Waals surface area (Å²) in [7, 11) is 3.95. The van der Waals surface area contributed by atoms with Gasteiger partial charge in [0.25, 0.3) is 0 Å². The molecule has 6 heteroatoms. The number of fused-ring (bicyclic) bond motifs is 1. The molecule has 1 amide bonds. The Kier molecular flexibility index (Phi) is 3.47. The summed E-state index contributed by atoms with van der Waals surface area (Å²) < 4.78 is 0. The Hall–Kier alpha value is -1.85. The van der Waals surface area contributed by atoms with Crippen LogP contribution in [0.4, 0.5) is 11.8 Å². The Bertz CT molecular complexity index is 559. The lowest BCUT2D eigenvalue weighted by Gasteiger charge is -2.41. The number of carbonyl (C=O) groups is 1. The lowest BCUT2D eigenvalue weighted by atomic mass is 10.1. The van der Waals surface area contributed by atoms with Gasteiger partial charge in [-0.25, -0.2) is 4.98 Å². The molecule has 0 N–H and O–H groups in total. The van der Waals surface area contributed by atoms with Gasteiger partial charge in [-0.3, -0.25) is 4.79 Å². The Labute approximate surface area is 125 Å². The minimum atomic E-state index is -0.183. The molecule has 0 aromatic carbocycles. The molecule has 0 spiro atoms. The van der Waals surface area contributed by atoms with E-state index in [2.05, 4.69) is 14.9 Å². The number of carbonyl (C=O) groups excluding carboxylic acids is 1. The highest BCUT2D eigenvalue weighted by Gasteiger charge is 2.41. The first kappa shape index (κ1) is 14.1. The highest BCUT2D eigenvalue weighted by Crippen LogP contribution is 2.28. The van der Waals surface area contributed by atoms with Crippen LogP contribution in [0.3, 0.4) is 0 Å². The Morgan fingerprint density at radius 3 is 2.81 bits per heavy atom. The van der Waals surface area contributed by atoms with Crippen LogP contribution in [0.2, 0.25) is 0 Å². The van der Waals surface area contributed by atoms with Crippen molar-refractivity contribution in [2.75, 3.05) is 37.0 Å². The summed E-state index contributed by atoms with van der Waals surface area (Å²) in [5.41, 5.74) is 1.04. The van der Waals surface area contributed by atoms with Gasteiger partial charge in [-0.2, -0.15) is 4.98 Å². The standard InChI is InChI=1S/C15H23N5O/c1-10-8-16-15(17-13(10)18(3)4)20-9-12-6-5-7-19(12)14(21)11(20)2/h8,11-12H,5-7,9H2,1-4H3/t11-,12-/m1/s1. The van der Waals surface area contributed by atoms with Gasteiger partial charge >= 0.3 is 0 Å². The second-order valence-electron chi connectivity index (χ2n) is 6.23. The van der Waals surface area contributed by atoms with Crippen LogP contribution in [0, 0.1) is 6.92 Å². The number of piperazine rings is 1. The van der Waals surface area contributed by atoms with Crippen LogP contribution in [-0.4, -0.2) is 60.0 Å². The summed E-state index contributed by atoms with van der Waals surface area (Å²) in [6.45, 7) is 5.69. The molecular formula is C15H23N5O. The van der Waals surface area contributed by atoms with E-state index in [1.165, 1.54) is 0 Å². The second kappa shape index (κ2) is 5.16. The van der Waals surface area contributed by atoms with Gasteiger partial charge in [0.15, 0.2) is 0 Å². The summed E-state index contributed by atoms with van der Waals surface area (Å²) in [6, 6.07) is 0.137. The smallest absolute Gasteiger partial charge is 0.245 e. The molecule has 0 unspecified atom stereocenters. The van der Waals surface area contributed by atoms with Crippen molar-refractivity contribution in [3.05, 3.63) is 11.8 Å². The van der Waals surface area contributed by atoms with E-state index in [0.29, 0.717) is 12.0 Å². The normalized spacial score (nSPS) is 25.2. The van der Waals surface area contributed by atoms with Gasteiger partial charge in [-0.15, -0.1) is 0 Å². The summed E-state index contributed by atoms with van der Waals surface area (Å²) in [4.78, 5) is 27.7. The van der Waals surface area contributed by atoms with E-state index in [1.807, 2.05) is 43.9 Å². The summed E-state index contributed by atoms with van der Waals surface area (Å²) in [6.07, 6.45) is 4.03. The van der Waals surface area contributed by atoms with Crippen molar-refractivity contribution in [3.63, 3.8) is 0 Å². The minimum Gasteiger partial charge on any atom is -0.362 e. The SMILES string of the molecule is Cc1cnc(N2C[C@H]3CCCN3C(=O)[C@H]2C)nc1N(C)C. The van der Waals surface area contributed by atoms with Crippen molar-refractivity contribution < 1.29 is 4.79 Å². The fourth-order valence-corrected chi connectivity index (χ4v) is 3.34. The predicted molar refractivity (Wildman–Crippen MR) is 82.6 cm³/mol. The first-order chi connectivity index (χ1) is 9.99. The average molecular weight is 289 g/mol. The molecule has 0 radical (unpaired) electrons. The molecule has 0 aliphatic carbocycles. The van der Waals surface area contributed by atoms with E-state index in [-0.39, 0.29) is 11.9 Å². The molecule has 3 heterocycles. The zero-order valence-corrected chi connectivity index (χ0v) is 13.2. The van der Waals surface area contributed by atoms with Gasteiger partial charge in [-0.1, -0.05) is 0 Å². The monoisotopic (exact) mass is 289 g/mol. The maximum absolute atomic E-state index is 12.5. The predicted octanol–water partition coefficient (Wildman–Crippen LogP) is 1.05. The molecular weight excluding hydrogens is 266 g/mol. The van der Waals surface area contributed by atoms with Crippen molar-refractivity contribution in [2.45, 2.75) is 38.8 Å². The van der Waals surface area contributed by atoms with Gasteiger partial charge in [0, 0.05) is 45.0 Å². The molecule has 1 aromatic heterocycles. The van der Waals surface area contributed by atoms with E-state index in [9.17, 15) is 4.79 Å². The number of hydrogen-bond acceptors (Lipinski definition) is 5. The fourth-order valence-electron chi connectivity index (χ4n) is 3.34. The lowest BCUT2D eigenvalue weighted by molar-refractivity contribution is -0.134. The average Bonchev–Trinajstić information content (AvgIpc) is 2.92. The Morgan fingerprint density at radius 2 is 2.10 bits per heavy atom.